The van der Waals surface area contributed by atoms with E-state index in [0.717, 1.165) is 5.69 Å². The summed E-state index contributed by atoms with van der Waals surface area (Å²) in [4.78, 5) is 20.0. The topological polar surface area (TPSA) is 72.7 Å². The van der Waals surface area contributed by atoms with E-state index < -0.39 is 0 Å². The van der Waals surface area contributed by atoms with Crippen LogP contribution in [0.2, 0.25) is 0 Å². The van der Waals surface area contributed by atoms with E-state index >= 15 is 0 Å². The molecular weight excluding hydrogens is 230 g/mol. The quantitative estimate of drug-likeness (QED) is 0.853. The molecule has 1 aliphatic carbocycles. The first-order valence-corrected chi connectivity index (χ1v) is 5.91. The molecule has 18 heavy (non-hydrogen) atoms. The number of aromatic nitrogens is 4. The van der Waals surface area contributed by atoms with Gasteiger partial charge in [-0.3, -0.25) is 4.79 Å². The highest BCUT2D eigenvalue weighted by Gasteiger charge is 2.21. The summed E-state index contributed by atoms with van der Waals surface area (Å²) >= 11 is 0. The van der Waals surface area contributed by atoms with Crippen LogP contribution in [0.3, 0.4) is 0 Å². The standard InChI is InChI=1S/C12H13N5O/c18-12-6-10(16-9-2-3-9)7-15-17(12)8-11-13-4-1-5-14-11/h1,4-7,9,16H,2-3,8H2. The zero-order valence-electron chi connectivity index (χ0n) is 9.78. The summed E-state index contributed by atoms with van der Waals surface area (Å²) in [5.41, 5.74) is 0.640. The normalized spacial score (nSPS) is 14.4. The van der Waals surface area contributed by atoms with Crippen LogP contribution in [0.25, 0.3) is 0 Å². The summed E-state index contributed by atoms with van der Waals surface area (Å²) < 4.78 is 1.35. The van der Waals surface area contributed by atoms with Gasteiger partial charge >= 0.3 is 0 Å². The Balaban J connectivity index is 1.78. The molecule has 0 saturated heterocycles. The molecule has 0 unspecified atom stereocenters. The molecule has 6 heteroatoms. The highest BCUT2D eigenvalue weighted by Crippen LogP contribution is 2.23. The van der Waals surface area contributed by atoms with Gasteiger partial charge in [0.1, 0.15) is 12.4 Å². The smallest absolute Gasteiger partial charge is 0.269 e. The molecule has 0 aromatic carbocycles. The van der Waals surface area contributed by atoms with E-state index in [1.54, 1.807) is 30.7 Å². The van der Waals surface area contributed by atoms with E-state index in [-0.39, 0.29) is 5.56 Å². The van der Waals surface area contributed by atoms with Crippen LogP contribution >= 0.6 is 0 Å². The van der Waals surface area contributed by atoms with Crippen molar-refractivity contribution in [1.29, 1.82) is 0 Å². The number of hydrogen-bond donors (Lipinski definition) is 1. The molecule has 2 heterocycles. The first-order valence-electron chi connectivity index (χ1n) is 5.91. The third-order valence-corrected chi connectivity index (χ3v) is 2.73. The Morgan fingerprint density at radius 2 is 2.11 bits per heavy atom. The summed E-state index contributed by atoms with van der Waals surface area (Å²) in [5, 5.41) is 7.36. The van der Waals surface area contributed by atoms with Crippen molar-refractivity contribution in [1.82, 2.24) is 19.7 Å². The molecule has 0 radical (unpaired) electrons. The first kappa shape index (κ1) is 10.9. The van der Waals surface area contributed by atoms with Gasteiger partial charge in [-0.05, 0) is 18.9 Å². The predicted octanol–water partition coefficient (Wildman–Crippen LogP) is 0.656. The lowest BCUT2D eigenvalue weighted by atomic mass is 10.4. The summed E-state index contributed by atoms with van der Waals surface area (Å²) in [6.07, 6.45) is 7.30. The van der Waals surface area contributed by atoms with E-state index in [4.69, 9.17) is 0 Å². The van der Waals surface area contributed by atoms with Crippen molar-refractivity contribution < 1.29 is 0 Å². The maximum absolute atomic E-state index is 11.9. The van der Waals surface area contributed by atoms with Gasteiger partial charge in [-0.25, -0.2) is 14.6 Å². The highest BCUT2D eigenvalue weighted by atomic mass is 16.1. The van der Waals surface area contributed by atoms with Gasteiger partial charge in [0, 0.05) is 24.5 Å². The van der Waals surface area contributed by atoms with Gasteiger partial charge in [0.05, 0.1) is 11.9 Å². The molecule has 1 saturated carbocycles. The molecule has 2 aromatic rings. The Morgan fingerprint density at radius 1 is 1.33 bits per heavy atom. The molecule has 0 atom stereocenters. The average molecular weight is 243 g/mol. The molecule has 0 aliphatic heterocycles. The van der Waals surface area contributed by atoms with Crippen molar-refractivity contribution >= 4 is 5.69 Å². The summed E-state index contributed by atoms with van der Waals surface area (Å²) in [7, 11) is 0. The molecule has 0 amide bonds. The van der Waals surface area contributed by atoms with Gasteiger partial charge in [-0.15, -0.1) is 0 Å². The lowest BCUT2D eigenvalue weighted by Gasteiger charge is -2.06. The maximum Gasteiger partial charge on any atom is 0.269 e. The number of nitrogens with zero attached hydrogens (tertiary/aromatic N) is 4. The first-order chi connectivity index (χ1) is 8.81. The van der Waals surface area contributed by atoms with E-state index in [0.29, 0.717) is 18.4 Å². The second kappa shape index (κ2) is 4.56. The van der Waals surface area contributed by atoms with E-state index in [9.17, 15) is 4.79 Å². The van der Waals surface area contributed by atoms with Crippen LogP contribution in [-0.4, -0.2) is 25.8 Å². The van der Waals surface area contributed by atoms with Crippen LogP contribution in [-0.2, 0) is 6.54 Å². The van der Waals surface area contributed by atoms with Crippen molar-refractivity contribution in [3.8, 4) is 0 Å². The third-order valence-electron chi connectivity index (χ3n) is 2.73. The molecule has 6 nitrogen and oxygen atoms in total. The molecule has 1 N–H and O–H groups in total. The minimum atomic E-state index is -0.145. The minimum Gasteiger partial charge on any atom is -0.381 e. The largest absolute Gasteiger partial charge is 0.381 e. The second-order valence-electron chi connectivity index (χ2n) is 4.32. The highest BCUT2D eigenvalue weighted by molar-refractivity contribution is 5.41. The molecule has 0 bridgehead atoms. The van der Waals surface area contributed by atoms with Crippen molar-refractivity contribution in [2.45, 2.75) is 25.4 Å². The van der Waals surface area contributed by atoms with Crippen LogP contribution in [0.5, 0.6) is 0 Å². The van der Waals surface area contributed by atoms with Crippen molar-refractivity contribution in [3.63, 3.8) is 0 Å². The van der Waals surface area contributed by atoms with E-state index in [1.165, 1.54) is 17.5 Å². The molecular formula is C12H13N5O. The van der Waals surface area contributed by atoms with Crippen molar-refractivity contribution in [2.24, 2.45) is 0 Å². The minimum absolute atomic E-state index is 0.145. The lowest BCUT2D eigenvalue weighted by molar-refractivity contribution is 0.614. The molecule has 3 rings (SSSR count). The van der Waals surface area contributed by atoms with Gasteiger partial charge in [0.2, 0.25) is 0 Å². The van der Waals surface area contributed by atoms with Crippen molar-refractivity contribution in [3.05, 3.63) is 46.9 Å². The fourth-order valence-electron chi connectivity index (χ4n) is 1.64. The summed E-state index contributed by atoms with van der Waals surface area (Å²) in [5.74, 6) is 0.579. The SMILES string of the molecule is O=c1cc(NC2CC2)cnn1Cc1ncccn1. The number of anilines is 1. The fraction of sp³-hybridized carbons (Fsp3) is 0.333. The number of rotatable bonds is 4. The lowest BCUT2D eigenvalue weighted by Crippen LogP contribution is -2.24. The average Bonchev–Trinajstić information content (AvgIpc) is 3.18. The summed E-state index contributed by atoms with van der Waals surface area (Å²) in [6, 6.07) is 3.82. The number of hydrogen-bond acceptors (Lipinski definition) is 5. The van der Waals surface area contributed by atoms with Gasteiger partial charge < -0.3 is 5.32 Å². The zero-order valence-corrected chi connectivity index (χ0v) is 9.78. The van der Waals surface area contributed by atoms with E-state index in [1.807, 2.05) is 0 Å². The van der Waals surface area contributed by atoms with Gasteiger partial charge in [-0.2, -0.15) is 5.10 Å². The van der Waals surface area contributed by atoms with Crippen LogP contribution in [0.4, 0.5) is 5.69 Å². The van der Waals surface area contributed by atoms with Crippen LogP contribution in [0, 0.1) is 0 Å². The van der Waals surface area contributed by atoms with Crippen LogP contribution in [0.1, 0.15) is 18.7 Å². The van der Waals surface area contributed by atoms with Gasteiger partial charge in [-0.1, -0.05) is 0 Å². The number of nitrogens with one attached hydrogen (secondary N) is 1. The Hall–Kier alpha value is -2.24. The maximum atomic E-state index is 11.9. The third kappa shape index (κ3) is 2.53. The Labute approximate surface area is 104 Å². The molecule has 92 valence electrons. The van der Waals surface area contributed by atoms with Gasteiger partial charge in [0.15, 0.2) is 0 Å². The second-order valence-corrected chi connectivity index (χ2v) is 4.32. The van der Waals surface area contributed by atoms with Crippen LogP contribution < -0.4 is 10.9 Å². The fourth-order valence-corrected chi connectivity index (χ4v) is 1.64. The molecule has 1 fully saturated rings. The Kier molecular flexibility index (Phi) is 2.76. The predicted molar refractivity (Wildman–Crippen MR) is 66.3 cm³/mol. The monoisotopic (exact) mass is 243 g/mol. The molecule has 0 spiro atoms. The Morgan fingerprint density at radius 3 is 2.78 bits per heavy atom. The molecule has 2 aromatic heterocycles. The Bertz CT molecular complexity index is 591. The summed E-state index contributed by atoms with van der Waals surface area (Å²) in [6.45, 7) is 0.295. The zero-order chi connectivity index (χ0) is 12.4. The van der Waals surface area contributed by atoms with Crippen molar-refractivity contribution in [2.75, 3.05) is 5.32 Å². The van der Waals surface area contributed by atoms with E-state index in [2.05, 4.69) is 20.4 Å². The molecule has 1 aliphatic rings. The van der Waals surface area contributed by atoms with Crippen LogP contribution in [0.15, 0.2) is 35.5 Å². The van der Waals surface area contributed by atoms with Gasteiger partial charge in [0.25, 0.3) is 5.56 Å².